The molecule has 1 fully saturated rings. The number of likely N-dealkylation sites (tertiary alicyclic amines) is 1. The quantitative estimate of drug-likeness (QED) is 0.830. The molecule has 3 nitrogen and oxygen atoms in total. The Kier molecular flexibility index (Phi) is 3.75. The summed E-state index contributed by atoms with van der Waals surface area (Å²) in [7, 11) is 1.27. The van der Waals surface area contributed by atoms with Gasteiger partial charge >= 0.3 is 0 Å². The lowest BCUT2D eigenvalue weighted by Gasteiger charge is -2.17. The maximum Gasteiger partial charge on any atom is 0.267 e. The Balaban J connectivity index is 2.29. The highest BCUT2D eigenvalue weighted by Gasteiger charge is 2.40. The van der Waals surface area contributed by atoms with Crippen LogP contribution >= 0.6 is 15.9 Å². The summed E-state index contributed by atoms with van der Waals surface area (Å²) in [6.45, 7) is -0.629. The van der Waals surface area contributed by atoms with Gasteiger partial charge in [-0.2, -0.15) is 0 Å². The second kappa shape index (κ2) is 5.03. The van der Waals surface area contributed by atoms with Crippen LogP contribution in [-0.4, -0.2) is 36.9 Å². The van der Waals surface area contributed by atoms with Crippen molar-refractivity contribution in [1.82, 2.24) is 4.90 Å². The standard InChI is InChI=1S/C12H11BrF3NO2/c1-19-10-4-7(8(13)5-9(10)14)11(18)17-3-2-12(15,16)6-17/h4-5H,2-3,6H2,1H3. The first kappa shape index (κ1) is 14.2. The fourth-order valence-electron chi connectivity index (χ4n) is 1.93. The monoisotopic (exact) mass is 337 g/mol. The Morgan fingerprint density at radius 1 is 1.47 bits per heavy atom. The predicted molar refractivity (Wildman–Crippen MR) is 66.1 cm³/mol. The molecule has 1 aromatic carbocycles. The first-order valence-corrected chi connectivity index (χ1v) is 6.33. The van der Waals surface area contributed by atoms with Crippen LogP contribution in [0, 0.1) is 5.82 Å². The van der Waals surface area contributed by atoms with Gasteiger partial charge in [0.15, 0.2) is 11.6 Å². The van der Waals surface area contributed by atoms with E-state index in [9.17, 15) is 18.0 Å². The number of carbonyl (C=O) groups excluding carboxylic acids is 1. The molecule has 0 unspecified atom stereocenters. The van der Waals surface area contributed by atoms with Crippen LogP contribution < -0.4 is 4.74 Å². The van der Waals surface area contributed by atoms with Crippen molar-refractivity contribution in [2.24, 2.45) is 0 Å². The molecule has 1 aliphatic rings. The van der Waals surface area contributed by atoms with E-state index in [2.05, 4.69) is 15.9 Å². The third-order valence-corrected chi connectivity index (χ3v) is 3.58. The second-order valence-corrected chi connectivity index (χ2v) is 5.15. The maximum atomic E-state index is 13.4. The van der Waals surface area contributed by atoms with E-state index in [1.807, 2.05) is 0 Å². The summed E-state index contributed by atoms with van der Waals surface area (Å²) in [6, 6.07) is 2.29. The highest BCUT2D eigenvalue weighted by Crippen LogP contribution is 2.31. The van der Waals surface area contributed by atoms with Crippen LogP contribution in [0.4, 0.5) is 13.2 Å². The first-order chi connectivity index (χ1) is 8.84. The van der Waals surface area contributed by atoms with E-state index < -0.39 is 24.2 Å². The van der Waals surface area contributed by atoms with Gasteiger partial charge in [-0.15, -0.1) is 0 Å². The maximum absolute atomic E-state index is 13.4. The van der Waals surface area contributed by atoms with Crippen molar-refractivity contribution in [2.75, 3.05) is 20.2 Å². The van der Waals surface area contributed by atoms with Crippen LogP contribution in [0.25, 0.3) is 0 Å². The summed E-state index contributed by atoms with van der Waals surface area (Å²) in [5.41, 5.74) is 0.107. The number of amides is 1. The highest BCUT2D eigenvalue weighted by atomic mass is 79.9. The molecular formula is C12H11BrF3NO2. The molecular weight excluding hydrogens is 327 g/mol. The average molecular weight is 338 g/mol. The molecule has 0 N–H and O–H groups in total. The summed E-state index contributed by atoms with van der Waals surface area (Å²) in [5.74, 6) is -4.15. The molecule has 0 aromatic heterocycles. The number of hydrogen-bond acceptors (Lipinski definition) is 2. The van der Waals surface area contributed by atoms with E-state index in [0.29, 0.717) is 0 Å². The molecule has 19 heavy (non-hydrogen) atoms. The van der Waals surface area contributed by atoms with Gasteiger partial charge in [-0.3, -0.25) is 4.79 Å². The molecule has 0 radical (unpaired) electrons. The van der Waals surface area contributed by atoms with Crippen molar-refractivity contribution < 1.29 is 22.7 Å². The largest absolute Gasteiger partial charge is 0.494 e. The summed E-state index contributed by atoms with van der Waals surface area (Å²) in [6.07, 6.45) is -0.352. The van der Waals surface area contributed by atoms with Gasteiger partial charge in [0.2, 0.25) is 0 Å². The molecule has 1 heterocycles. The molecule has 7 heteroatoms. The lowest BCUT2D eigenvalue weighted by atomic mass is 10.2. The molecule has 0 bridgehead atoms. The van der Waals surface area contributed by atoms with Gasteiger partial charge in [-0.05, 0) is 28.1 Å². The van der Waals surface area contributed by atoms with Crippen molar-refractivity contribution in [3.8, 4) is 5.75 Å². The SMILES string of the molecule is COc1cc(C(=O)N2CCC(F)(F)C2)c(Br)cc1F. The van der Waals surface area contributed by atoms with Crippen molar-refractivity contribution in [1.29, 1.82) is 0 Å². The van der Waals surface area contributed by atoms with Crippen molar-refractivity contribution in [3.05, 3.63) is 28.0 Å². The molecule has 0 spiro atoms. The van der Waals surface area contributed by atoms with Crippen molar-refractivity contribution >= 4 is 21.8 Å². The summed E-state index contributed by atoms with van der Waals surface area (Å²) < 4.78 is 44.6. The zero-order valence-corrected chi connectivity index (χ0v) is 11.6. The molecule has 0 aliphatic carbocycles. The van der Waals surface area contributed by atoms with Crippen LogP contribution in [0.3, 0.4) is 0 Å². The van der Waals surface area contributed by atoms with Crippen molar-refractivity contribution in [2.45, 2.75) is 12.3 Å². The van der Waals surface area contributed by atoms with Crippen LogP contribution in [0.5, 0.6) is 5.75 Å². The number of hydrogen-bond donors (Lipinski definition) is 0. The fraction of sp³-hybridized carbons (Fsp3) is 0.417. The van der Waals surface area contributed by atoms with E-state index in [4.69, 9.17) is 4.74 Å². The Morgan fingerprint density at radius 3 is 2.68 bits per heavy atom. The molecule has 104 valence electrons. The minimum absolute atomic E-state index is 0.0159. The first-order valence-electron chi connectivity index (χ1n) is 5.54. The molecule has 2 rings (SSSR count). The lowest BCUT2D eigenvalue weighted by Crippen LogP contribution is -2.31. The van der Waals surface area contributed by atoms with Crippen LogP contribution in [0.15, 0.2) is 16.6 Å². The van der Waals surface area contributed by atoms with Crippen LogP contribution in [-0.2, 0) is 0 Å². The molecule has 1 saturated heterocycles. The number of methoxy groups -OCH3 is 1. The number of rotatable bonds is 2. The van der Waals surface area contributed by atoms with E-state index in [1.165, 1.54) is 13.2 Å². The normalized spacial score (nSPS) is 17.6. The highest BCUT2D eigenvalue weighted by molar-refractivity contribution is 9.10. The number of carbonyl (C=O) groups is 1. The van der Waals surface area contributed by atoms with E-state index in [-0.39, 0.29) is 28.8 Å². The lowest BCUT2D eigenvalue weighted by molar-refractivity contribution is 0.0120. The Labute approximate surface area is 116 Å². The minimum atomic E-state index is -2.85. The van der Waals surface area contributed by atoms with Gasteiger partial charge in [-0.1, -0.05) is 0 Å². The molecule has 0 atom stereocenters. The van der Waals surface area contributed by atoms with Gasteiger partial charge in [0.1, 0.15) is 0 Å². The molecule has 1 aromatic rings. The van der Waals surface area contributed by atoms with Gasteiger partial charge in [0, 0.05) is 17.4 Å². The number of halogens is 4. The summed E-state index contributed by atoms with van der Waals surface area (Å²) in [4.78, 5) is 13.2. The zero-order valence-electron chi connectivity index (χ0n) is 10.1. The number of ether oxygens (including phenoxy) is 1. The van der Waals surface area contributed by atoms with E-state index in [1.54, 1.807) is 0 Å². The van der Waals surface area contributed by atoms with E-state index >= 15 is 0 Å². The fourth-order valence-corrected chi connectivity index (χ4v) is 2.41. The zero-order chi connectivity index (χ0) is 14.2. The third kappa shape index (κ3) is 2.86. The van der Waals surface area contributed by atoms with Gasteiger partial charge in [0.25, 0.3) is 11.8 Å². The summed E-state index contributed by atoms with van der Waals surface area (Å²) in [5, 5.41) is 0. The van der Waals surface area contributed by atoms with E-state index in [0.717, 1.165) is 11.0 Å². The Bertz CT molecular complexity index is 522. The topological polar surface area (TPSA) is 29.5 Å². The minimum Gasteiger partial charge on any atom is -0.494 e. The predicted octanol–water partition coefficient (Wildman–Crippen LogP) is 3.08. The van der Waals surface area contributed by atoms with Gasteiger partial charge in [-0.25, -0.2) is 13.2 Å². The Morgan fingerprint density at radius 2 is 2.16 bits per heavy atom. The van der Waals surface area contributed by atoms with Gasteiger partial charge < -0.3 is 9.64 Å². The Hall–Kier alpha value is -1.24. The molecule has 1 aliphatic heterocycles. The number of alkyl halides is 2. The number of benzene rings is 1. The number of nitrogens with zero attached hydrogens (tertiary/aromatic N) is 1. The average Bonchev–Trinajstić information content (AvgIpc) is 2.69. The molecule has 1 amide bonds. The smallest absolute Gasteiger partial charge is 0.267 e. The van der Waals surface area contributed by atoms with Crippen molar-refractivity contribution in [3.63, 3.8) is 0 Å². The second-order valence-electron chi connectivity index (χ2n) is 4.30. The van der Waals surface area contributed by atoms with Crippen LogP contribution in [0.1, 0.15) is 16.8 Å². The molecule has 0 saturated carbocycles. The summed E-state index contributed by atoms with van der Waals surface area (Å²) >= 11 is 3.06. The van der Waals surface area contributed by atoms with Gasteiger partial charge in [0.05, 0.1) is 19.2 Å². The third-order valence-electron chi connectivity index (χ3n) is 2.93. The van der Waals surface area contributed by atoms with Crippen LogP contribution in [0.2, 0.25) is 0 Å².